The van der Waals surface area contributed by atoms with Gasteiger partial charge in [-0.1, -0.05) is 71.7 Å². The normalized spacial score (nSPS) is 13.1. The topological polar surface area (TPSA) is 116 Å². The van der Waals surface area contributed by atoms with Gasteiger partial charge in [0, 0.05) is 46.7 Å². The van der Waals surface area contributed by atoms with Gasteiger partial charge < -0.3 is 21.3 Å². The number of rotatable bonds is 14. The summed E-state index contributed by atoms with van der Waals surface area (Å²) in [4.78, 5) is 52.6. The number of carbonyl (C=O) groups is 4. The smallest absolute Gasteiger partial charge is 0.196 e. The van der Waals surface area contributed by atoms with Gasteiger partial charge in [0.25, 0.3) is 0 Å². The molecule has 2 aliphatic carbocycles. The molecule has 0 aromatic heterocycles. The Morgan fingerprint density at radius 2 is 0.723 bits per heavy atom. The summed E-state index contributed by atoms with van der Waals surface area (Å²) in [6.07, 6.45) is 2.67. The molecule has 0 spiro atoms. The van der Waals surface area contributed by atoms with Crippen molar-refractivity contribution in [2.24, 2.45) is 0 Å². The number of ketones is 4. The van der Waals surface area contributed by atoms with Gasteiger partial charge in [0.1, 0.15) is 0 Å². The number of nitrogens with one attached hydrogen (secondary N) is 4. The van der Waals surface area contributed by atoms with Gasteiger partial charge in [-0.15, -0.1) is 0 Å². The van der Waals surface area contributed by atoms with E-state index in [4.69, 9.17) is 23.2 Å². The SMILES string of the molecule is O=C1c2cccc(NCCCNCCCNCCCNc3cccc4c3C(=O)c3cccc(Cl)c3C4=O)c2C(=O)c2cccc(Cl)c21. The fourth-order valence-electron chi connectivity index (χ4n) is 6.16. The predicted molar refractivity (Wildman–Crippen MR) is 186 cm³/mol. The van der Waals surface area contributed by atoms with Gasteiger partial charge in [0.15, 0.2) is 23.1 Å². The van der Waals surface area contributed by atoms with Gasteiger partial charge >= 0.3 is 0 Å². The molecular formula is C37H34Cl2N4O4. The second-order valence-corrected chi connectivity index (χ2v) is 12.3. The largest absolute Gasteiger partial charge is 0.384 e. The minimum absolute atomic E-state index is 0.191. The van der Waals surface area contributed by atoms with Crippen LogP contribution in [0.25, 0.3) is 0 Å². The average molecular weight is 670 g/mol. The molecule has 0 saturated carbocycles. The highest BCUT2D eigenvalue weighted by Crippen LogP contribution is 2.36. The van der Waals surface area contributed by atoms with E-state index < -0.39 is 0 Å². The van der Waals surface area contributed by atoms with Crippen molar-refractivity contribution in [1.82, 2.24) is 10.6 Å². The molecule has 10 heteroatoms. The van der Waals surface area contributed by atoms with Crippen LogP contribution < -0.4 is 21.3 Å². The highest BCUT2D eigenvalue weighted by molar-refractivity contribution is 6.40. The van der Waals surface area contributed by atoms with Gasteiger partial charge in [0.2, 0.25) is 0 Å². The van der Waals surface area contributed by atoms with E-state index in [9.17, 15) is 19.2 Å². The second-order valence-electron chi connectivity index (χ2n) is 11.5. The van der Waals surface area contributed by atoms with Crippen molar-refractivity contribution < 1.29 is 19.2 Å². The first-order valence-corrected chi connectivity index (χ1v) is 16.5. The van der Waals surface area contributed by atoms with Crippen LogP contribution in [0.4, 0.5) is 11.4 Å². The first-order valence-electron chi connectivity index (χ1n) is 15.8. The molecule has 0 heterocycles. The summed E-state index contributed by atoms with van der Waals surface area (Å²) in [5.74, 6) is -0.832. The van der Waals surface area contributed by atoms with Crippen LogP contribution in [-0.2, 0) is 0 Å². The molecule has 47 heavy (non-hydrogen) atoms. The highest BCUT2D eigenvalue weighted by atomic mass is 35.5. The Morgan fingerprint density at radius 1 is 0.404 bits per heavy atom. The molecule has 0 aliphatic heterocycles. The van der Waals surface area contributed by atoms with E-state index in [0.29, 0.717) is 67.9 Å². The van der Waals surface area contributed by atoms with Crippen LogP contribution in [0.2, 0.25) is 10.0 Å². The summed E-state index contributed by atoms with van der Waals surface area (Å²) in [6.45, 7) is 4.68. The minimum atomic E-state index is -0.225. The van der Waals surface area contributed by atoms with Crippen molar-refractivity contribution in [3.05, 3.63) is 127 Å². The molecule has 0 amide bonds. The zero-order valence-corrected chi connectivity index (χ0v) is 27.2. The van der Waals surface area contributed by atoms with Gasteiger partial charge in [-0.3, -0.25) is 19.2 Å². The van der Waals surface area contributed by atoms with Gasteiger partial charge in [0.05, 0.1) is 32.3 Å². The molecule has 0 saturated heterocycles. The standard InChI is InChI=1S/C37H34Cl2N4O4/c38-26-12-1-8-22-30(26)34(44)24-10-3-14-28(32(24)36(22)46)42-20-6-18-40-16-5-17-41-19-7-21-43-29-15-4-11-25-33(29)37(47)23-9-2-13-27(39)31(23)35(25)45/h1-4,8-15,40-43H,5-7,16-21H2. The molecule has 2 aliphatic rings. The summed E-state index contributed by atoms with van der Waals surface area (Å²) in [5.41, 5.74) is 4.14. The lowest BCUT2D eigenvalue weighted by molar-refractivity contribution is 0.0979. The number of hydrogen-bond acceptors (Lipinski definition) is 8. The van der Waals surface area contributed by atoms with Crippen LogP contribution >= 0.6 is 23.2 Å². The van der Waals surface area contributed by atoms with E-state index in [1.54, 1.807) is 60.7 Å². The fourth-order valence-corrected chi connectivity index (χ4v) is 6.68. The van der Waals surface area contributed by atoms with E-state index >= 15 is 0 Å². The molecule has 8 nitrogen and oxygen atoms in total. The Labute approximate surface area is 283 Å². The third-order valence-corrected chi connectivity index (χ3v) is 9.07. The quantitative estimate of drug-likeness (QED) is 0.0984. The Morgan fingerprint density at radius 3 is 1.13 bits per heavy atom. The third-order valence-electron chi connectivity index (χ3n) is 8.44. The maximum atomic E-state index is 13.2. The average Bonchev–Trinajstić information content (AvgIpc) is 3.07. The van der Waals surface area contributed by atoms with E-state index in [0.717, 1.165) is 45.4 Å². The molecule has 4 aromatic carbocycles. The summed E-state index contributed by atoms with van der Waals surface area (Å²) < 4.78 is 0. The van der Waals surface area contributed by atoms with Crippen LogP contribution in [-0.4, -0.2) is 62.4 Å². The number of carbonyl (C=O) groups excluding carboxylic acids is 4. The molecule has 0 unspecified atom stereocenters. The molecular weight excluding hydrogens is 635 g/mol. The summed E-state index contributed by atoms with van der Waals surface area (Å²) in [6, 6.07) is 20.5. The molecule has 4 aromatic rings. The molecule has 0 atom stereocenters. The van der Waals surface area contributed by atoms with Crippen LogP contribution in [0.1, 0.15) is 82.9 Å². The molecule has 0 radical (unpaired) electrons. The number of fused-ring (bicyclic) bond motifs is 4. The van der Waals surface area contributed by atoms with Crippen molar-refractivity contribution >= 4 is 57.7 Å². The Hall–Kier alpha value is -4.34. The van der Waals surface area contributed by atoms with Gasteiger partial charge in [-0.05, 0) is 69.7 Å². The van der Waals surface area contributed by atoms with Gasteiger partial charge in [-0.2, -0.15) is 0 Å². The summed E-state index contributed by atoms with van der Waals surface area (Å²) >= 11 is 12.5. The molecule has 6 rings (SSSR count). The van der Waals surface area contributed by atoms with Crippen LogP contribution in [0.15, 0.2) is 72.8 Å². The van der Waals surface area contributed by atoms with Crippen LogP contribution in [0.3, 0.4) is 0 Å². The Bertz CT molecular complexity index is 1760. The number of halogens is 2. The monoisotopic (exact) mass is 668 g/mol. The summed E-state index contributed by atoms with van der Waals surface area (Å²) in [7, 11) is 0. The highest BCUT2D eigenvalue weighted by Gasteiger charge is 2.34. The maximum absolute atomic E-state index is 13.2. The van der Waals surface area contributed by atoms with Crippen molar-refractivity contribution in [1.29, 1.82) is 0 Å². The second kappa shape index (κ2) is 14.6. The van der Waals surface area contributed by atoms with Crippen molar-refractivity contribution in [3.63, 3.8) is 0 Å². The minimum Gasteiger partial charge on any atom is -0.384 e. The van der Waals surface area contributed by atoms with Crippen molar-refractivity contribution in [2.45, 2.75) is 19.3 Å². The first-order chi connectivity index (χ1) is 22.9. The van der Waals surface area contributed by atoms with E-state index in [-0.39, 0.29) is 34.3 Å². The maximum Gasteiger partial charge on any atom is 0.196 e. The fraction of sp³-hybridized carbons (Fsp3) is 0.243. The zero-order chi connectivity index (χ0) is 32.9. The van der Waals surface area contributed by atoms with Gasteiger partial charge in [-0.25, -0.2) is 0 Å². The number of benzene rings is 4. The predicted octanol–water partition coefficient (Wildman–Crippen LogP) is 6.42. The first kappa shape index (κ1) is 32.6. The number of anilines is 2. The Balaban J connectivity index is 0.865. The van der Waals surface area contributed by atoms with Crippen molar-refractivity contribution in [2.75, 3.05) is 49.9 Å². The van der Waals surface area contributed by atoms with E-state index in [1.165, 1.54) is 0 Å². The molecule has 0 bridgehead atoms. The van der Waals surface area contributed by atoms with Crippen molar-refractivity contribution in [3.8, 4) is 0 Å². The molecule has 240 valence electrons. The number of hydrogen-bond donors (Lipinski definition) is 4. The lowest BCUT2D eigenvalue weighted by Gasteiger charge is -2.21. The lowest BCUT2D eigenvalue weighted by atomic mass is 9.83. The third kappa shape index (κ3) is 6.60. The Kier molecular flexibility index (Phi) is 10.1. The molecule has 0 fully saturated rings. The lowest BCUT2D eigenvalue weighted by Crippen LogP contribution is -2.26. The van der Waals surface area contributed by atoms with Crippen LogP contribution in [0, 0.1) is 0 Å². The summed E-state index contributed by atoms with van der Waals surface area (Å²) in [5, 5.41) is 14.1. The van der Waals surface area contributed by atoms with Crippen LogP contribution in [0.5, 0.6) is 0 Å². The zero-order valence-electron chi connectivity index (χ0n) is 25.7. The van der Waals surface area contributed by atoms with E-state index in [2.05, 4.69) is 21.3 Å². The van der Waals surface area contributed by atoms with E-state index in [1.807, 2.05) is 12.1 Å². The molecule has 4 N–H and O–H groups in total.